The van der Waals surface area contributed by atoms with Gasteiger partial charge in [0, 0.05) is 24.9 Å². The second kappa shape index (κ2) is 10.4. The quantitative estimate of drug-likeness (QED) is 0.336. The van der Waals surface area contributed by atoms with Crippen molar-refractivity contribution >= 4 is 27.5 Å². The zero-order chi connectivity index (χ0) is 27.8. The van der Waals surface area contributed by atoms with Crippen molar-refractivity contribution in [3.8, 4) is 17.0 Å². The van der Waals surface area contributed by atoms with E-state index in [0.29, 0.717) is 21.4 Å². The van der Waals surface area contributed by atoms with Crippen molar-refractivity contribution in [3.05, 3.63) is 70.9 Å². The zero-order valence-corrected chi connectivity index (χ0v) is 22.6. The van der Waals surface area contributed by atoms with E-state index in [1.54, 1.807) is 30.3 Å². The molecule has 11 heteroatoms. The molecule has 0 N–H and O–H groups in total. The third-order valence-corrected chi connectivity index (χ3v) is 6.72. The Morgan fingerprint density at radius 3 is 2.08 bits per heavy atom. The van der Waals surface area contributed by atoms with Crippen LogP contribution in [0.1, 0.15) is 32.0 Å². The number of ether oxygens (including phenoxy) is 1. The average molecular weight is 557 g/mol. The fourth-order valence-corrected chi connectivity index (χ4v) is 5.33. The van der Waals surface area contributed by atoms with Gasteiger partial charge in [0.1, 0.15) is 10.6 Å². The molecule has 6 nitrogen and oxygen atoms in total. The molecule has 0 spiro atoms. The number of alkyl halides is 3. The molecule has 3 rings (SSSR count). The molecular formula is C26H28ClF3N2O4S. The summed E-state index contributed by atoms with van der Waals surface area (Å²) in [5, 5.41) is 0.299. The molecule has 1 heterocycles. The molecule has 0 aliphatic carbocycles. The summed E-state index contributed by atoms with van der Waals surface area (Å²) in [5.41, 5.74) is -1.56. The number of amides is 1. The smallest absolute Gasteiger partial charge is 0.392 e. The first-order chi connectivity index (χ1) is 17.0. The Morgan fingerprint density at radius 1 is 1.03 bits per heavy atom. The molecule has 37 heavy (non-hydrogen) atoms. The fourth-order valence-electron chi connectivity index (χ4n) is 4.05. The van der Waals surface area contributed by atoms with Crippen LogP contribution in [-0.4, -0.2) is 43.8 Å². The van der Waals surface area contributed by atoms with Gasteiger partial charge in [-0.3, -0.25) is 0 Å². The van der Waals surface area contributed by atoms with E-state index in [1.165, 1.54) is 36.2 Å². The van der Waals surface area contributed by atoms with E-state index >= 15 is 0 Å². The highest BCUT2D eigenvalue weighted by Crippen LogP contribution is 2.48. The molecule has 1 amide bonds. The molecule has 0 fully saturated rings. The predicted octanol–water partition coefficient (Wildman–Crippen LogP) is 6.76. The number of hydrogen-bond donors (Lipinski definition) is 0. The Morgan fingerprint density at radius 2 is 1.59 bits per heavy atom. The van der Waals surface area contributed by atoms with Crippen LogP contribution in [0, 0.1) is 5.41 Å². The van der Waals surface area contributed by atoms with Crippen molar-refractivity contribution in [2.24, 2.45) is 5.41 Å². The summed E-state index contributed by atoms with van der Waals surface area (Å²) in [6.45, 7) is 5.51. The molecule has 1 aromatic heterocycles. The minimum absolute atomic E-state index is 0.100. The maximum Gasteiger partial charge on any atom is 0.432 e. The van der Waals surface area contributed by atoms with Crippen molar-refractivity contribution in [1.29, 1.82) is 0 Å². The Bertz CT molecular complexity index is 1380. The van der Waals surface area contributed by atoms with Gasteiger partial charge in [-0.25, -0.2) is 13.2 Å². The second-order valence-electron chi connectivity index (χ2n) is 9.99. The number of benzene rings is 2. The van der Waals surface area contributed by atoms with Gasteiger partial charge in [0.2, 0.25) is 5.88 Å². The predicted molar refractivity (Wildman–Crippen MR) is 137 cm³/mol. The molecule has 0 aliphatic rings. The lowest BCUT2D eigenvalue weighted by molar-refractivity contribution is -0.145. The van der Waals surface area contributed by atoms with Crippen molar-refractivity contribution in [2.75, 3.05) is 19.8 Å². The Kier molecular flexibility index (Phi) is 8.05. The van der Waals surface area contributed by atoms with Gasteiger partial charge in [0.15, 0.2) is 9.84 Å². The normalized spacial score (nSPS) is 12.5. The van der Waals surface area contributed by atoms with Gasteiger partial charge in [-0.1, -0.05) is 74.8 Å². The lowest BCUT2D eigenvalue weighted by Crippen LogP contribution is -2.36. The van der Waals surface area contributed by atoms with E-state index in [1.807, 2.05) is 20.8 Å². The lowest BCUT2D eigenvalue weighted by Gasteiger charge is -2.26. The summed E-state index contributed by atoms with van der Waals surface area (Å²) in [6, 6.07) is 13.8. The van der Waals surface area contributed by atoms with Crippen LogP contribution < -0.4 is 4.74 Å². The van der Waals surface area contributed by atoms with Crippen LogP contribution in [0.2, 0.25) is 5.02 Å². The van der Waals surface area contributed by atoms with E-state index in [0.717, 1.165) is 0 Å². The molecule has 0 bridgehead atoms. The van der Waals surface area contributed by atoms with E-state index in [2.05, 4.69) is 0 Å². The minimum atomic E-state index is -5.09. The second-order valence-corrected chi connectivity index (χ2v) is 12.4. The standard InChI is InChI=1S/C26H28ClF3N2O4S/c1-25(2,3)16-31(4)24(33)36-23-20(18-11-13-19(27)14-12-18)21(37(5,34)35)22(26(28,29)30)32(23)15-17-9-7-6-8-10-17/h6-14H,15-16H2,1-5H3. The molecule has 0 atom stereocenters. The topological polar surface area (TPSA) is 68.6 Å². The number of aromatic nitrogens is 1. The number of nitrogens with zero attached hydrogens (tertiary/aromatic N) is 2. The maximum atomic E-state index is 14.6. The monoisotopic (exact) mass is 556 g/mol. The third-order valence-electron chi connectivity index (χ3n) is 5.33. The Hall–Kier alpha value is -2.98. The van der Waals surface area contributed by atoms with Crippen molar-refractivity contribution < 1.29 is 31.1 Å². The van der Waals surface area contributed by atoms with Crippen LogP contribution in [-0.2, 0) is 22.6 Å². The lowest BCUT2D eigenvalue weighted by atomic mass is 9.96. The van der Waals surface area contributed by atoms with Crippen LogP contribution in [0.3, 0.4) is 0 Å². The summed E-state index contributed by atoms with van der Waals surface area (Å²) in [5.74, 6) is -0.523. The van der Waals surface area contributed by atoms with Crippen molar-refractivity contribution in [1.82, 2.24) is 9.47 Å². The molecular weight excluding hydrogens is 529 g/mol. The SMILES string of the molecule is CN(CC(C)(C)C)C(=O)Oc1c(-c2ccc(Cl)cc2)c(S(C)(=O)=O)c(C(F)(F)F)n1Cc1ccccc1. The molecule has 2 aromatic carbocycles. The highest BCUT2D eigenvalue weighted by Gasteiger charge is 2.45. The zero-order valence-electron chi connectivity index (χ0n) is 21.1. The van der Waals surface area contributed by atoms with Gasteiger partial charge < -0.3 is 14.2 Å². The molecule has 0 saturated carbocycles. The number of hydrogen-bond acceptors (Lipinski definition) is 4. The van der Waals surface area contributed by atoms with Crippen LogP contribution in [0.25, 0.3) is 11.1 Å². The molecule has 3 aromatic rings. The summed E-state index contributed by atoms with van der Waals surface area (Å²) in [6.07, 6.45) is -5.32. The summed E-state index contributed by atoms with van der Waals surface area (Å²) in [7, 11) is -3.00. The Balaban J connectivity index is 2.39. The molecule has 0 saturated heterocycles. The largest absolute Gasteiger partial charge is 0.432 e. The summed E-state index contributed by atoms with van der Waals surface area (Å²) < 4.78 is 75.8. The number of carbonyl (C=O) groups excluding carboxylic acids is 1. The molecule has 0 aliphatic heterocycles. The minimum Gasteiger partial charge on any atom is -0.392 e. The van der Waals surface area contributed by atoms with Gasteiger partial charge in [0.05, 0.1) is 12.1 Å². The van der Waals surface area contributed by atoms with Crippen molar-refractivity contribution in [3.63, 3.8) is 0 Å². The molecule has 0 unspecified atom stereocenters. The van der Waals surface area contributed by atoms with E-state index < -0.39 is 45.1 Å². The van der Waals surface area contributed by atoms with Crippen molar-refractivity contribution in [2.45, 2.75) is 38.4 Å². The number of halogens is 4. The Labute approximate surface area is 219 Å². The summed E-state index contributed by atoms with van der Waals surface area (Å²) >= 11 is 5.98. The van der Waals surface area contributed by atoms with E-state index in [4.69, 9.17) is 16.3 Å². The van der Waals surface area contributed by atoms with Gasteiger partial charge >= 0.3 is 12.3 Å². The number of carbonyl (C=O) groups is 1. The van der Waals surface area contributed by atoms with Gasteiger partial charge in [-0.15, -0.1) is 0 Å². The molecule has 200 valence electrons. The molecule has 0 radical (unpaired) electrons. The van der Waals surface area contributed by atoms with Gasteiger partial charge in [-0.2, -0.15) is 13.2 Å². The van der Waals surface area contributed by atoms with E-state index in [-0.39, 0.29) is 23.1 Å². The van der Waals surface area contributed by atoms with Gasteiger partial charge in [0.25, 0.3) is 0 Å². The van der Waals surface area contributed by atoms with Gasteiger partial charge in [-0.05, 0) is 28.7 Å². The van der Waals surface area contributed by atoms with Crippen LogP contribution >= 0.6 is 11.6 Å². The highest BCUT2D eigenvalue weighted by molar-refractivity contribution is 7.91. The fraction of sp³-hybridized carbons (Fsp3) is 0.346. The third kappa shape index (κ3) is 6.87. The first kappa shape index (κ1) is 28.6. The number of rotatable bonds is 6. The van der Waals surface area contributed by atoms with E-state index in [9.17, 15) is 26.4 Å². The van der Waals surface area contributed by atoms with Crippen LogP contribution in [0.4, 0.5) is 18.0 Å². The first-order valence-electron chi connectivity index (χ1n) is 11.3. The highest BCUT2D eigenvalue weighted by atomic mass is 35.5. The van der Waals surface area contributed by atoms with Crippen LogP contribution in [0.15, 0.2) is 59.5 Å². The first-order valence-corrected chi connectivity index (χ1v) is 13.5. The maximum absolute atomic E-state index is 14.6. The average Bonchev–Trinajstić information content (AvgIpc) is 3.08. The number of sulfone groups is 1. The van der Waals surface area contributed by atoms with Crippen LogP contribution in [0.5, 0.6) is 5.88 Å². The summed E-state index contributed by atoms with van der Waals surface area (Å²) in [4.78, 5) is 13.4.